The lowest BCUT2D eigenvalue weighted by Crippen LogP contribution is -2.40. The van der Waals surface area contributed by atoms with Gasteiger partial charge in [0.15, 0.2) is 11.5 Å². The SMILES string of the molecule is O=C(NCCNC(=O)C1CC(=O)N(c2ccc3c(c2)OCO3)C1)C1CCCCC1. The smallest absolute Gasteiger partial charge is 0.231 e. The molecule has 0 radical (unpaired) electrons. The van der Waals surface area contributed by atoms with Crippen molar-refractivity contribution in [2.24, 2.45) is 11.8 Å². The fraction of sp³-hybridized carbons (Fsp3) is 0.571. The van der Waals surface area contributed by atoms with Gasteiger partial charge in [-0.15, -0.1) is 0 Å². The number of benzene rings is 1. The van der Waals surface area contributed by atoms with Crippen LogP contribution >= 0.6 is 0 Å². The van der Waals surface area contributed by atoms with E-state index in [0.29, 0.717) is 36.8 Å². The molecule has 4 rings (SSSR count). The molecule has 0 aromatic heterocycles. The van der Waals surface area contributed by atoms with Crippen molar-refractivity contribution < 1.29 is 23.9 Å². The second-order valence-electron chi connectivity index (χ2n) is 7.86. The third-order valence-electron chi connectivity index (χ3n) is 5.86. The molecule has 3 aliphatic rings. The number of nitrogens with one attached hydrogen (secondary N) is 2. The summed E-state index contributed by atoms with van der Waals surface area (Å²) in [5, 5.41) is 5.75. The Morgan fingerprint density at radius 3 is 2.41 bits per heavy atom. The van der Waals surface area contributed by atoms with Gasteiger partial charge in [-0.05, 0) is 25.0 Å². The summed E-state index contributed by atoms with van der Waals surface area (Å²) in [5.74, 6) is 0.818. The standard InChI is InChI=1S/C21H27N3O5/c25-19-10-15(12-24(19)16-6-7-17-18(11-16)29-13-28-17)21(27)23-9-8-22-20(26)14-4-2-1-3-5-14/h6-7,11,14-15H,1-5,8-10,12-13H2,(H,22,26)(H,23,27). The molecule has 2 heterocycles. The summed E-state index contributed by atoms with van der Waals surface area (Å²) in [6, 6.07) is 5.33. The molecule has 1 aromatic carbocycles. The highest BCUT2D eigenvalue weighted by Gasteiger charge is 2.35. The van der Waals surface area contributed by atoms with E-state index in [-0.39, 0.29) is 36.9 Å². The number of anilines is 1. The lowest BCUT2D eigenvalue weighted by atomic mass is 9.89. The molecular weight excluding hydrogens is 374 g/mol. The number of ether oxygens (including phenoxy) is 2. The average Bonchev–Trinajstić information content (AvgIpc) is 3.37. The summed E-state index contributed by atoms with van der Waals surface area (Å²) in [6.45, 7) is 1.29. The van der Waals surface area contributed by atoms with Crippen molar-refractivity contribution in [1.29, 1.82) is 0 Å². The summed E-state index contributed by atoms with van der Waals surface area (Å²) in [4.78, 5) is 38.6. The summed E-state index contributed by atoms with van der Waals surface area (Å²) < 4.78 is 10.7. The van der Waals surface area contributed by atoms with Gasteiger partial charge in [0.2, 0.25) is 24.5 Å². The number of nitrogens with zero attached hydrogens (tertiary/aromatic N) is 1. The molecule has 156 valence electrons. The summed E-state index contributed by atoms with van der Waals surface area (Å²) in [7, 11) is 0. The second-order valence-corrected chi connectivity index (χ2v) is 7.86. The minimum atomic E-state index is -0.401. The first-order valence-electron chi connectivity index (χ1n) is 10.4. The number of carbonyl (C=O) groups excluding carboxylic acids is 3. The molecule has 1 aliphatic carbocycles. The zero-order chi connectivity index (χ0) is 20.2. The maximum atomic E-state index is 12.5. The van der Waals surface area contributed by atoms with Gasteiger partial charge >= 0.3 is 0 Å². The number of hydrogen-bond acceptors (Lipinski definition) is 5. The molecule has 8 nitrogen and oxygen atoms in total. The van der Waals surface area contributed by atoms with Gasteiger partial charge < -0.3 is 25.0 Å². The van der Waals surface area contributed by atoms with E-state index in [1.165, 1.54) is 6.42 Å². The first kappa shape index (κ1) is 19.5. The molecule has 0 bridgehead atoms. The van der Waals surface area contributed by atoms with E-state index < -0.39 is 5.92 Å². The molecule has 1 unspecified atom stereocenters. The van der Waals surface area contributed by atoms with Gasteiger partial charge in [0, 0.05) is 43.7 Å². The van der Waals surface area contributed by atoms with Crippen LogP contribution in [0.3, 0.4) is 0 Å². The van der Waals surface area contributed by atoms with Gasteiger partial charge in [0.05, 0.1) is 5.92 Å². The van der Waals surface area contributed by atoms with Crippen LogP contribution in [-0.4, -0.2) is 44.1 Å². The van der Waals surface area contributed by atoms with Crippen molar-refractivity contribution in [1.82, 2.24) is 10.6 Å². The topological polar surface area (TPSA) is 97.0 Å². The Labute approximate surface area is 169 Å². The van der Waals surface area contributed by atoms with E-state index in [1.807, 2.05) is 0 Å². The summed E-state index contributed by atoms with van der Waals surface area (Å²) >= 11 is 0. The van der Waals surface area contributed by atoms with E-state index in [4.69, 9.17) is 9.47 Å². The summed E-state index contributed by atoms with van der Waals surface area (Å²) in [5.41, 5.74) is 0.703. The molecule has 1 saturated heterocycles. The quantitative estimate of drug-likeness (QED) is 0.706. The molecule has 1 aromatic rings. The van der Waals surface area contributed by atoms with E-state index >= 15 is 0 Å². The van der Waals surface area contributed by atoms with Crippen LogP contribution < -0.4 is 25.0 Å². The zero-order valence-electron chi connectivity index (χ0n) is 16.4. The molecule has 1 saturated carbocycles. The van der Waals surface area contributed by atoms with Crippen molar-refractivity contribution in [2.45, 2.75) is 38.5 Å². The molecule has 2 N–H and O–H groups in total. The van der Waals surface area contributed by atoms with Crippen molar-refractivity contribution in [3.63, 3.8) is 0 Å². The highest BCUT2D eigenvalue weighted by molar-refractivity contribution is 6.00. The zero-order valence-corrected chi connectivity index (χ0v) is 16.4. The minimum absolute atomic E-state index is 0.0870. The van der Waals surface area contributed by atoms with Crippen LogP contribution in [0.15, 0.2) is 18.2 Å². The van der Waals surface area contributed by atoms with Crippen molar-refractivity contribution in [2.75, 3.05) is 31.3 Å². The maximum absolute atomic E-state index is 12.5. The molecule has 29 heavy (non-hydrogen) atoms. The highest BCUT2D eigenvalue weighted by Crippen LogP contribution is 2.37. The predicted octanol–water partition coefficient (Wildman–Crippen LogP) is 1.58. The minimum Gasteiger partial charge on any atom is -0.454 e. The van der Waals surface area contributed by atoms with Crippen LogP contribution in [0, 0.1) is 11.8 Å². The highest BCUT2D eigenvalue weighted by atomic mass is 16.7. The third kappa shape index (κ3) is 4.46. The Morgan fingerprint density at radius 2 is 1.66 bits per heavy atom. The maximum Gasteiger partial charge on any atom is 0.231 e. The molecule has 2 fully saturated rings. The van der Waals surface area contributed by atoms with Crippen LogP contribution in [0.4, 0.5) is 5.69 Å². The van der Waals surface area contributed by atoms with Gasteiger partial charge in [0.1, 0.15) is 0 Å². The lowest BCUT2D eigenvalue weighted by molar-refractivity contribution is -0.127. The molecule has 3 amide bonds. The van der Waals surface area contributed by atoms with Crippen LogP contribution in [0.25, 0.3) is 0 Å². The van der Waals surface area contributed by atoms with Crippen molar-refractivity contribution in [3.8, 4) is 11.5 Å². The third-order valence-corrected chi connectivity index (χ3v) is 5.86. The van der Waals surface area contributed by atoms with Crippen LogP contribution in [-0.2, 0) is 14.4 Å². The number of rotatable bonds is 6. The number of fused-ring (bicyclic) bond motifs is 1. The van der Waals surface area contributed by atoms with E-state index in [9.17, 15) is 14.4 Å². The van der Waals surface area contributed by atoms with E-state index in [0.717, 1.165) is 25.7 Å². The van der Waals surface area contributed by atoms with Crippen LogP contribution in [0.2, 0.25) is 0 Å². The Hall–Kier alpha value is -2.77. The van der Waals surface area contributed by atoms with Crippen LogP contribution in [0.5, 0.6) is 11.5 Å². The Kier molecular flexibility index (Phi) is 5.87. The first-order valence-corrected chi connectivity index (χ1v) is 10.4. The normalized spacial score (nSPS) is 21.3. The van der Waals surface area contributed by atoms with Crippen molar-refractivity contribution in [3.05, 3.63) is 18.2 Å². The lowest BCUT2D eigenvalue weighted by Gasteiger charge is -2.21. The van der Waals surface area contributed by atoms with Gasteiger partial charge in [-0.2, -0.15) is 0 Å². The molecular formula is C21H27N3O5. The predicted molar refractivity (Wildman–Crippen MR) is 106 cm³/mol. The van der Waals surface area contributed by atoms with E-state index in [1.54, 1.807) is 23.1 Å². The first-order chi connectivity index (χ1) is 14.1. The largest absolute Gasteiger partial charge is 0.454 e. The molecule has 1 atom stereocenters. The monoisotopic (exact) mass is 401 g/mol. The number of carbonyl (C=O) groups is 3. The van der Waals surface area contributed by atoms with E-state index in [2.05, 4.69) is 10.6 Å². The Balaban J connectivity index is 1.22. The molecule has 0 spiro atoms. The van der Waals surface area contributed by atoms with Gasteiger partial charge in [0.25, 0.3) is 0 Å². The fourth-order valence-corrected chi connectivity index (χ4v) is 4.21. The van der Waals surface area contributed by atoms with Gasteiger partial charge in [-0.3, -0.25) is 14.4 Å². The number of amides is 3. The average molecular weight is 401 g/mol. The Bertz CT molecular complexity index is 791. The summed E-state index contributed by atoms with van der Waals surface area (Å²) in [6.07, 6.45) is 5.53. The second kappa shape index (κ2) is 8.71. The van der Waals surface area contributed by atoms with Gasteiger partial charge in [-0.25, -0.2) is 0 Å². The van der Waals surface area contributed by atoms with Crippen LogP contribution in [0.1, 0.15) is 38.5 Å². The van der Waals surface area contributed by atoms with Gasteiger partial charge in [-0.1, -0.05) is 19.3 Å². The molecule has 8 heteroatoms. The fourth-order valence-electron chi connectivity index (χ4n) is 4.21. The number of hydrogen-bond donors (Lipinski definition) is 2. The Morgan fingerprint density at radius 1 is 0.966 bits per heavy atom. The molecule has 2 aliphatic heterocycles. The van der Waals surface area contributed by atoms with Crippen molar-refractivity contribution >= 4 is 23.4 Å².